The van der Waals surface area contributed by atoms with Crippen molar-refractivity contribution in [3.05, 3.63) is 35.9 Å². The minimum atomic E-state index is -1.81. The summed E-state index contributed by atoms with van der Waals surface area (Å²) in [6.45, 7) is 7.84. The summed E-state index contributed by atoms with van der Waals surface area (Å²) in [7, 11) is -0.669. The molecule has 0 N–H and O–H groups in total. The average Bonchev–Trinajstić information content (AvgIpc) is 2.85. The maximum atomic E-state index is 14.6. The molecular formula is C15H19BClFO2. The van der Waals surface area contributed by atoms with Gasteiger partial charge in [0, 0.05) is 6.42 Å². The Balaban J connectivity index is 2.00. The second-order valence-corrected chi connectivity index (χ2v) is 7.41. The van der Waals surface area contributed by atoms with E-state index in [1.54, 1.807) is 0 Å². The van der Waals surface area contributed by atoms with E-state index in [0.29, 0.717) is 0 Å². The minimum Gasteiger partial charge on any atom is -0.403 e. The normalized spacial score (nSPS) is 38.0. The van der Waals surface area contributed by atoms with Gasteiger partial charge in [-0.3, -0.25) is 0 Å². The summed E-state index contributed by atoms with van der Waals surface area (Å²) in [5.74, 6) is 0. The fourth-order valence-electron chi connectivity index (χ4n) is 2.79. The smallest absolute Gasteiger partial charge is 0.403 e. The lowest BCUT2D eigenvalue weighted by Crippen LogP contribution is -2.41. The fourth-order valence-corrected chi connectivity index (χ4v) is 3.20. The zero-order valence-corrected chi connectivity index (χ0v) is 13.0. The van der Waals surface area contributed by atoms with E-state index in [9.17, 15) is 4.39 Å². The highest BCUT2D eigenvalue weighted by atomic mass is 35.5. The standard InChI is InChI=1S/C15H19BClFO2/c1-12(2)13(3,4)20-16(19-12)14(10-15(14,17)18)11-8-6-5-7-9-11/h5-9H,10H2,1-4H3/t14-,15?/m1/s1. The Hall–Kier alpha value is -0.575. The quantitative estimate of drug-likeness (QED) is 0.609. The molecule has 1 saturated carbocycles. The second-order valence-electron chi connectivity index (χ2n) is 6.81. The molecule has 3 rings (SSSR count). The van der Waals surface area contributed by atoms with Gasteiger partial charge in [0.05, 0.1) is 16.5 Å². The number of hydrogen-bond donors (Lipinski definition) is 0. The molecule has 1 unspecified atom stereocenters. The van der Waals surface area contributed by atoms with Crippen molar-refractivity contribution in [2.24, 2.45) is 0 Å². The van der Waals surface area contributed by atoms with Crippen LogP contribution in [0.3, 0.4) is 0 Å². The molecule has 1 aromatic rings. The second kappa shape index (κ2) is 3.99. The van der Waals surface area contributed by atoms with E-state index in [0.717, 1.165) is 5.56 Å². The molecule has 5 heteroatoms. The van der Waals surface area contributed by atoms with Gasteiger partial charge in [-0.15, -0.1) is 0 Å². The summed E-state index contributed by atoms with van der Waals surface area (Å²) >= 11 is 6.04. The van der Waals surface area contributed by atoms with Gasteiger partial charge in [-0.25, -0.2) is 4.39 Å². The van der Waals surface area contributed by atoms with Gasteiger partial charge < -0.3 is 9.31 Å². The van der Waals surface area contributed by atoms with E-state index in [2.05, 4.69) is 0 Å². The van der Waals surface area contributed by atoms with E-state index >= 15 is 0 Å². The van der Waals surface area contributed by atoms with Crippen molar-refractivity contribution in [2.45, 2.75) is 55.8 Å². The summed E-state index contributed by atoms with van der Waals surface area (Å²) in [4.78, 5) is 0. The van der Waals surface area contributed by atoms with Crippen molar-refractivity contribution in [3.8, 4) is 0 Å². The molecule has 0 spiro atoms. The van der Waals surface area contributed by atoms with Gasteiger partial charge in [0.15, 0.2) is 5.13 Å². The highest BCUT2D eigenvalue weighted by Crippen LogP contribution is 2.66. The number of hydrogen-bond acceptors (Lipinski definition) is 2. The van der Waals surface area contributed by atoms with Gasteiger partial charge >= 0.3 is 7.12 Å². The first-order chi connectivity index (χ1) is 9.12. The van der Waals surface area contributed by atoms with Crippen molar-refractivity contribution in [3.63, 3.8) is 0 Å². The van der Waals surface area contributed by atoms with Crippen LogP contribution in [0.15, 0.2) is 30.3 Å². The SMILES string of the molecule is CC1(C)OB([C@@]2(c3ccccc3)CC2(F)Cl)OC1(C)C. The molecule has 1 aliphatic heterocycles. The largest absolute Gasteiger partial charge is 0.474 e. The van der Waals surface area contributed by atoms with Gasteiger partial charge in [-0.2, -0.15) is 0 Å². The lowest BCUT2D eigenvalue weighted by Gasteiger charge is -2.32. The molecule has 2 nitrogen and oxygen atoms in total. The maximum absolute atomic E-state index is 14.6. The molecule has 0 bridgehead atoms. The molecule has 0 radical (unpaired) electrons. The van der Waals surface area contributed by atoms with Gasteiger partial charge in [0.25, 0.3) is 0 Å². The third-order valence-electron chi connectivity index (χ3n) is 4.97. The van der Waals surface area contributed by atoms with Gasteiger partial charge in [-0.1, -0.05) is 41.9 Å². The van der Waals surface area contributed by atoms with Crippen LogP contribution < -0.4 is 0 Å². The monoisotopic (exact) mass is 296 g/mol. The van der Waals surface area contributed by atoms with E-state index < -0.39 is 28.8 Å². The first-order valence-corrected chi connectivity index (χ1v) is 7.29. The van der Waals surface area contributed by atoms with Crippen molar-refractivity contribution < 1.29 is 13.7 Å². The molecular weight excluding hydrogens is 277 g/mol. The number of alkyl halides is 2. The minimum absolute atomic E-state index is 0.211. The van der Waals surface area contributed by atoms with Crippen LogP contribution in [0.25, 0.3) is 0 Å². The topological polar surface area (TPSA) is 18.5 Å². The fraction of sp³-hybridized carbons (Fsp3) is 0.600. The first-order valence-electron chi connectivity index (χ1n) is 6.91. The lowest BCUT2D eigenvalue weighted by molar-refractivity contribution is 0.00578. The van der Waals surface area contributed by atoms with Crippen LogP contribution >= 0.6 is 11.6 Å². The van der Waals surface area contributed by atoms with E-state index in [-0.39, 0.29) is 6.42 Å². The van der Waals surface area contributed by atoms with Crippen LogP contribution in [0.1, 0.15) is 39.7 Å². The van der Waals surface area contributed by atoms with Crippen LogP contribution in [0.4, 0.5) is 4.39 Å². The summed E-state index contributed by atoms with van der Waals surface area (Å²) in [5, 5.41) is -2.73. The Morgan fingerprint density at radius 2 is 1.50 bits per heavy atom. The van der Waals surface area contributed by atoms with Crippen LogP contribution in [0, 0.1) is 0 Å². The lowest BCUT2D eigenvalue weighted by atomic mass is 9.64. The highest BCUT2D eigenvalue weighted by Gasteiger charge is 2.79. The molecule has 1 heterocycles. The van der Waals surface area contributed by atoms with Crippen LogP contribution in [0.5, 0.6) is 0 Å². The summed E-state index contributed by atoms with van der Waals surface area (Å²) in [5.41, 5.74) is -0.153. The van der Waals surface area contributed by atoms with Crippen LogP contribution in [-0.4, -0.2) is 23.4 Å². The zero-order valence-electron chi connectivity index (χ0n) is 12.2. The van der Waals surface area contributed by atoms with Gasteiger partial charge in [0.1, 0.15) is 0 Å². The van der Waals surface area contributed by atoms with E-state index in [1.807, 2.05) is 58.0 Å². The van der Waals surface area contributed by atoms with E-state index in [1.165, 1.54) is 0 Å². The van der Waals surface area contributed by atoms with Crippen molar-refractivity contribution >= 4 is 18.7 Å². The van der Waals surface area contributed by atoms with Crippen LogP contribution in [-0.2, 0) is 14.6 Å². The van der Waals surface area contributed by atoms with Gasteiger partial charge in [-0.05, 0) is 33.3 Å². The summed E-state index contributed by atoms with van der Waals surface area (Å²) in [6, 6.07) is 9.43. The predicted octanol–water partition coefficient (Wildman–Crippen LogP) is 3.86. The van der Waals surface area contributed by atoms with E-state index in [4.69, 9.17) is 20.9 Å². The highest BCUT2D eigenvalue weighted by molar-refractivity contribution is 6.55. The molecule has 0 aromatic heterocycles. The first kappa shape index (κ1) is 14.4. The number of benzene rings is 1. The molecule has 1 aliphatic carbocycles. The molecule has 2 atom stereocenters. The maximum Gasteiger partial charge on any atom is 0.474 e. The Morgan fingerprint density at radius 3 is 1.90 bits per heavy atom. The molecule has 20 heavy (non-hydrogen) atoms. The van der Waals surface area contributed by atoms with Crippen molar-refractivity contribution in [2.75, 3.05) is 0 Å². The Bertz CT molecular complexity index is 516. The molecule has 0 amide bonds. The average molecular weight is 297 g/mol. The number of rotatable bonds is 2. The third-order valence-corrected chi connectivity index (χ3v) is 5.44. The van der Waals surface area contributed by atoms with Crippen molar-refractivity contribution in [1.82, 2.24) is 0 Å². The summed E-state index contributed by atoms with van der Waals surface area (Å²) < 4.78 is 26.6. The number of halogens is 2. The molecule has 2 aliphatic rings. The summed E-state index contributed by atoms with van der Waals surface area (Å²) in [6.07, 6.45) is 0.211. The van der Waals surface area contributed by atoms with Gasteiger partial charge in [0.2, 0.25) is 0 Å². The predicted molar refractivity (Wildman–Crippen MR) is 78.5 cm³/mol. The zero-order chi connectivity index (χ0) is 14.8. The third kappa shape index (κ3) is 1.78. The Morgan fingerprint density at radius 1 is 1.05 bits per heavy atom. The molecule has 1 saturated heterocycles. The molecule has 1 aromatic carbocycles. The van der Waals surface area contributed by atoms with Crippen LogP contribution in [0.2, 0.25) is 0 Å². The molecule has 108 valence electrons. The molecule has 2 fully saturated rings. The Kier molecular flexibility index (Phi) is 2.87. The van der Waals surface area contributed by atoms with Crippen molar-refractivity contribution in [1.29, 1.82) is 0 Å². The Labute approximate surface area is 124 Å².